The van der Waals surface area contributed by atoms with Crippen LogP contribution < -0.4 is 0 Å². The second-order valence-corrected chi connectivity index (χ2v) is 2.31. The molecule has 0 saturated carbocycles. The van der Waals surface area contributed by atoms with E-state index in [1.807, 2.05) is 36.7 Å². The summed E-state index contributed by atoms with van der Waals surface area (Å²) in [5.41, 5.74) is 2.14. The van der Waals surface area contributed by atoms with Crippen molar-refractivity contribution in [1.82, 2.24) is 9.97 Å². The molecule has 0 amide bonds. The Morgan fingerprint density at radius 2 is 2.08 bits per heavy atom. The van der Waals surface area contributed by atoms with E-state index in [1.54, 1.807) is 6.20 Å². The number of nitrogens with zero attached hydrogens (tertiary/aromatic N) is 1. The second kappa shape index (κ2) is 3.93. The van der Waals surface area contributed by atoms with E-state index in [-0.39, 0.29) is 12.4 Å². The first kappa shape index (κ1) is 8.81. The fourth-order valence-electron chi connectivity index (χ4n) is 1.02. The van der Waals surface area contributed by atoms with Gasteiger partial charge in [-0.25, -0.2) is 0 Å². The molecule has 0 spiro atoms. The molecule has 2 rings (SSSR count). The summed E-state index contributed by atoms with van der Waals surface area (Å²) in [6, 6.07) is 7.89. The van der Waals surface area contributed by atoms with E-state index in [0.29, 0.717) is 0 Å². The van der Waals surface area contributed by atoms with E-state index in [4.69, 9.17) is 0 Å². The van der Waals surface area contributed by atoms with Gasteiger partial charge in [0.05, 0.1) is 5.69 Å². The van der Waals surface area contributed by atoms with Crippen LogP contribution in [0.5, 0.6) is 0 Å². The molecule has 2 aromatic heterocycles. The number of hydrogen-bond acceptors (Lipinski definition) is 1. The van der Waals surface area contributed by atoms with Gasteiger partial charge in [0.15, 0.2) is 0 Å². The van der Waals surface area contributed by atoms with E-state index in [0.717, 1.165) is 11.3 Å². The summed E-state index contributed by atoms with van der Waals surface area (Å²) < 4.78 is 0. The number of aromatic nitrogens is 2. The van der Waals surface area contributed by atoms with Gasteiger partial charge in [0, 0.05) is 24.2 Å². The third kappa shape index (κ3) is 1.66. The van der Waals surface area contributed by atoms with Crippen molar-refractivity contribution in [1.29, 1.82) is 0 Å². The molecule has 2 heterocycles. The van der Waals surface area contributed by atoms with Crippen LogP contribution >= 0.6 is 12.4 Å². The molecule has 0 aliphatic carbocycles. The lowest BCUT2D eigenvalue weighted by molar-refractivity contribution is 1.32. The average molecular weight is 181 g/mol. The van der Waals surface area contributed by atoms with Gasteiger partial charge < -0.3 is 4.98 Å². The van der Waals surface area contributed by atoms with Gasteiger partial charge in [-0.2, -0.15) is 0 Å². The molecule has 2 nitrogen and oxygen atoms in total. The van der Waals surface area contributed by atoms with E-state index in [1.165, 1.54) is 0 Å². The SMILES string of the molecule is Cl.c1ccc(-c2cc[nH]c2)nc1. The quantitative estimate of drug-likeness (QED) is 0.718. The van der Waals surface area contributed by atoms with Crippen molar-refractivity contribution in [3.8, 4) is 11.3 Å². The molecule has 0 saturated heterocycles. The molecule has 0 bridgehead atoms. The summed E-state index contributed by atoms with van der Waals surface area (Å²) >= 11 is 0. The lowest BCUT2D eigenvalue weighted by Gasteiger charge is -1.92. The maximum atomic E-state index is 4.20. The van der Waals surface area contributed by atoms with E-state index in [2.05, 4.69) is 9.97 Å². The predicted octanol–water partition coefficient (Wildman–Crippen LogP) is 2.50. The molecule has 0 atom stereocenters. The summed E-state index contributed by atoms with van der Waals surface area (Å²) in [6.45, 7) is 0. The molecule has 62 valence electrons. The minimum absolute atomic E-state index is 0. The van der Waals surface area contributed by atoms with Gasteiger partial charge in [-0.15, -0.1) is 12.4 Å². The number of pyridine rings is 1. The number of rotatable bonds is 1. The van der Waals surface area contributed by atoms with Gasteiger partial charge in [0.1, 0.15) is 0 Å². The molecule has 3 heteroatoms. The highest BCUT2D eigenvalue weighted by atomic mass is 35.5. The topological polar surface area (TPSA) is 28.7 Å². The molecule has 0 aliphatic rings. The highest BCUT2D eigenvalue weighted by Gasteiger charge is 1.94. The summed E-state index contributed by atoms with van der Waals surface area (Å²) in [4.78, 5) is 7.19. The van der Waals surface area contributed by atoms with Crippen LogP contribution in [0.2, 0.25) is 0 Å². The third-order valence-electron chi connectivity index (χ3n) is 1.56. The first-order chi connectivity index (χ1) is 5.47. The molecular weight excluding hydrogens is 172 g/mol. The first-order valence-corrected chi connectivity index (χ1v) is 3.51. The van der Waals surface area contributed by atoms with E-state index in [9.17, 15) is 0 Å². The van der Waals surface area contributed by atoms with Crippen LogP contribution in [0.15, 0.2) is 42.9 Å². The molecule has 0 fully saturated rings. The van der Waals surface area contributed by atoms with E-state index >= 15 is 0 Å². The zero-order valence-electron chi connectivity index (χ0n) is 6.40. The minimum atomic E-state index is 0. The lowest BCUT2D eigenvalue weighted by atomic mass is 10.2. The molecule has 2 aromatic rings. The number of aromatic amines is 1. The normalized spacial score (nSPS) is 9.00. The maximum absolute atomic E-state index is 4.20. The lowest BCUT2D eigenvalue weighted by Crippen LogP contribution is -1.76. The van der Waals surface area contributed by atoms with Gasteiger partial charge in [-0.3, -0.25) is 4.98 Å². The predicted molar refractivity (Wildman–Crippen MR) is 51.3 cm³/mol. The molecule has 1 N–H and O–H groups in total. The standard InChI is InChI=1S/C9H8N2.ClH/c1-2-5-11-9(3-1)8-4-6-10-7-8;/h1-7,10H;1H. The van der Waals surface area contributed by atoms with Crippen molar-refractivity contribution >= 4 is 12.4 Å². The van der Waals surface area contributed by atoms with Crippen molar-refractivity contribution in [2.45, 2.75) is 0 Å². The van der Waals surface area contributed by atoms with Crippen LogP contribution in [0.25, 0.3) is 11.3 Å². The third-order valence-corrected chi connectivity index (χ3v) is 1.56. The molecule has 0 radical (unpaired) electrons. The smallest absolute Gasteiger partial charge is 0.0717 e. The highest BCUT2D eigenvalue weighted by molar-refractivity contribution is 5.85. The maximum Gasteiger partial charge on any atom is 0.0717 e. The minimum Gasteiger partial charge on any atom is -0.367 e. The van der Waals surface area contributed by atoms with Gasteiger partial charge in [0.2, 0.25) is 0 Å². The Labute approximate surface area is 77.1 Å². The Kier molecular flexibility index (Phi) is 2.88. The molecule has 0 aromatic carbocycles. The summed E-state index contributed by atoms with van der Waals surface area (Å²) in [6.07, 6.45) is 5.62. The van der Waals surface area contributed by atoms with Crippen LogP contribution in [0.1, 0.15) is 0 Å². The van der Waals surface area contributed by atoms with Gasteiger partial charge in [-0.1, -0.05) is 6.07 Å². The van der Waals surface area contributed by atoms with Gasteiger partial charge in [0.25, 0.3) is 0 Å². The Bertz CT molecular complexity index is 316. The van der Waals surface area contributed by atoms with E-state index < -0.39 is 0 Å². The van der Waals surface area contributed by atoms with Crippen molar-refractivity contribution in [2.75, 3.05) is 0 Å². The van der Waals surface area contributed by atoms with Crippen LogP contribution in [-0.4, -0.2) is 9.97 Å². The summed E-state index contributed by atoms with van der Waals surface area (Å²) in [5, 5.41) is 0. The Hall–Kier alpha value is -1.28. The second-order valence-electron chi connectivity index (χ2n) is 2.31. The Morgan fingerprint density at radius 3 is 2.67 bits per heavy atom. The zero-order chi connectivity index (χ0) is 7.52. The summed E-state index contributed by atoms with van der Waals surface area (Å²) in [7, 11) is 0. The summed E-state index contributed by atoms with van der Waals surface area (Å²) in [5.74, 6) is 0. The molecule has 0 aliphatic heterocycles. The number of nitrogens with one attached hydrogen (secondary N) is 1. The fourth-order valence-corrected chi connectivity index (χ4v) is 1.02. The number of H-pyrrole nitrogens is 1. The molecular formula is C9H9ClN2. The number of halogens is 1. The van der Waals surface area contributed by atoms with Crippen molar-refractivity contribution in [3.05, 3.63) is 42.9 Å². The first-order valence-electron chi connectivity index (χ1n) is 3.51. The largest absolute Gasteiger partial charge is 0.367 e. The average Bonchev–Trinajstić information content (AvgIpc) is 2.58. The Morgan fingerprint density at radius 1 is 1.17 bits per heavy atom. The molecule has 0 unspecified atom stereocenters. The van der Waals surface area contributed by atoms with Crippen LogP contribution in [0, 0.1) is 0 Å². The van der Waals surface area contributed by atoms with Gasteiger partial charge >= 0.3 is 0 Å². The zero-order valence-corrected chi connectivity index (χ0v) is 7.21. The monoisotopic (exact) mass is 180 g/mol. The highest BCUT2D eigenvalue weighted by Crippen LogP contribution is 2.13. The van der Waals surface area contributed by atoms with Crippen molar-refractivity contribution < 1.29 is 0 Å². The van der Waals surface area contributed by atoms with Crippen LogP contribution in [0.4, 0.5) is 0 Å². The van der Waals surface area contributed by atoms with Crippen LogP contribution in [0.3, 0.4) is 0 Å². The number of hydrogen-bond donors (Lipinski definition) is 1. The van der Waals surface area contributed by atoms with Crippen LogP contribution in [-0.2, 0) is 0 Å². The van der Waals surface area contributed by atoms with Crippen molar-refractivity contribution in [3.63, 3.8) is 0 Å². The Balaban J connectivity index is 0.000000720. The van der Waals surface area contributed by atoms with Crippen molar-refractivity contribution in [2.24, 2.45) is 0 Å². The van der Waals surface area contributed by atoms with Gasteiger partial charge in [-0.05, 0) is 18.2 Å². The molecule has 12 heavy (non-hydrogen) atoms. The fraction of sp³-hybridized carbons (Fsp3) is 0.